The number of nitrogens with one attached hydrogen (secondary N) is 1. The maximum Gasteiger partial charge on any atom is 0.347 e. The summed E-state index contributed by atoms with van der Waals surface area (Å²) in [5, 5.41) is 12.8. The van der Waals surface area contributed by atoms with E-state index in [0.29, 0.717) is 21.6 Å². The minimum absolute atomic E-state index is 0.326. The maximum atomic E-state index is 10.8. The lowest BCUT2D eigenvalue weighted by Gasteiger charge is -2.11. The van der Waals surface area contributed by atoms with Crippen molar-refractivity contribution < 1.29 is 9.90 Å². The van der Waals surface area contributed by atoms with Gasteiger partial charge in [-0.15, -0.1) is 0 Å². The van der Waals surface area contributed by atoms with Crippen LogP contribution in [0.2, 0.25) is 0 Å². The van der Waals surface area contributed by atoms with Gasteiger partial charge in [0.25, 0.3) is 0 Å². The molecule has 0 aliphatic rings. The van der Waals surface area contributed by atoms with Crippen molar-refractivity contribution in [2.24, 2.45) is 5.92 Å². The summed E-state index contributed by atoms with van der Waals surface area (Å²) in [6.45, 7) is 6.90. The fraction of sp³-hybridized carbons (Fsp3) is 0.636. The average molecular weight is 242 g/mol. The molecule has 16 heavy (non-hydrogen) atoms. The van der Waals surface area contributed by atoms with Crippen molar-refractivity contribution >= 4 is 22.4 Å². The Morgan fingerprint density at radius 2 is 2.12 bits per heavy atom. The number of anilines is 1. The third-order valence-corrected chi connectivity index (χ3v) is 3.79. The molecule has 4 nitrogen and oxygen atoms in total. The first-order chi connectivity index (χ1) is 7.58. The number of thiazole rings is 1. The van der Waals surface area contributed by atoms with Gasteiger partial charge in [-0.2, -0.15) is 0 Å². The van der Waals surface area contributed by atoms with Crippen LogP contribution in [-0.2, 0) is 0 Å². The van der Waals surface area contributed by atoms with E-state index in [2.05, 4.69) is 24.1 Å². The SMILES string of the molecule is CCC(CC)CNc1nc(C)c(C(=O)O)s1. The first-order valence-corrected chi connectivity index (χ1v) is 6.34. The molecule has 0 bridgehead atoms. The number of carboxylic acid groups (broad SMARTS) is 1. The van der Waals surface area contributed by atoms with Gasteiger partial charge in [0.2, 0.25) is 0 Å². The number of carboxylic acids is 1. The number of hydrogen-bond donors (Lipinski definition) is 2. The van der Waals surface area contributed by atoms with Crippen molar-refractivity contribution in [1.29, 1.82) is 0 Å². The molecule has 90 valence electrons. The summed E-state index contributed by atoms with van der Waals surface area (Å²) in [6, 6.07) is 0. The molecule has 0 saturated carbocycles. The van der Waals surface area contributed by atoms with E-state index in [1.165, 1.54) is 11.3 Å². The molecule has 5 heteroatoms. The van der Waals surface area contributed by atoms with E-state index < -0.39 is 5.97 Å². The number of aryl methyl sites for hydroxylation is 1. The van der Waals surface area contributed by atoms with Gasteiger partial charge in [-0.3, -0.25) is 0 Å². The molecule has 0 aliphatic carbocycles. The molecule has 0 aliphatic heterocycles. The highest BCUT2D eigenvalue weighted by atomic mass is 32.1. The van der Waals surface area contributed by atoms with Gasteiger partial charge in [0.05, 0.1) is 5.69 Å². The first-order valence-electron chi connectivity index (χ1n) is 5.53. The molecule has 2 N–H and O–H groups in total. The summed E-state index contributed by atoms with van der Waals surface area (Å²) >= 11 is 1.21. The molecule has 1 aromatic heterocycles. The van der Waals surface area contributed by atoms with Crippen LogP contribution in [-0.4, -0.2) is 22.6 Å². The summed E-state index contributed by atoms with van der Waals surface area (Å²) < 4.78 is 0. The number of carbonyl (C=O) groups is 1. The van der Waals surface area contributed by atoms with Gasteiger partial charge in [-0.05, 0) is 12.8 Å². The van der Waals surface area contributed by atoms with E-state index in [-0.39, 0.29) is 0 Å². The zero-order chi connectivity index (χ0) is 12.1. The molecule has 0 fully saturated rings. The molecule has 1 aromatic rings. The van der Waals surface area contributed by atoms with Gasteiger partial charge < -0.3 is 10.4 Å². The Hall–Kier alpha value is -1.10. The fourth-order valence-corrected chi connectivity index (χ4v) is 2.29. The molecule has 0 atom stereocenters. The molecule has 0 saturated heterocycles. The lowest BCUT2D eigenvalue weighted by Crippen LogP contribution is -2.12. The highest BCUT2D eigenvalue weighted by Gasteiger charge is 2.14. The zero-order valence-electron chi connectivity index (χ0n) is 9.91. The average Bonchev–Trinajstić information content (AvgIpc) is 2.61. The van der Waals surface area contributed by atoms with Crippen LogP contribution in [0.4, 0.5) is 5.13 Å². The largest absolute Gasteiger partial charge is 0.477 e. The molecule has 0 amide bonds. The lowest BCUT2D eigenvalue weighted by atomic mass is 10.0. The van der Waals surface area contributed by atoms with E-state index in [9.17, 15) is 4.79 Å². The Labute approximate surface area is 99.7 Å². The Morgan fingerprint density at radius 3 is 2.56 bits per heavy atom. The topological polar surface area (TPSA) is 62.2 Å². The van der Waals surface area contributed by atoms with E-state index in [4.69, 9.17) is 5.11 Å². The lowest BCUT2D eigenvalue weighted by molar-refractivity contribution is 0.0701. The maximum absolute atomic E-state index is 10.8. The molecular formula is C11H18N2O2S. The normalized spacial score (nSPS) is 10.8. The van der Waals surface area contributed by atoms with Crippen LogP contribution in [0.3, 0.4) is 0 Å². The number of aromatic carboxylic acids is 1. The van der Waals surface area contributed by atoms with Gasteiger partial charge >= 0.3 is 5.97 Å². The van der Waals surface area contributed by atoms with Gasteiger partial charge in [-0.25, -0.2) is 9.78 Å². The van der Waals surface area contributed by atoms with E-state index in [1.54, 1.807) is 6.92 Å². The standard InChI is InChI=1S/C11H18N2O2S/c1-4-8(5-2)6-12-11-13-7(3)9(16-11)10(14)15/h8H,4-6H2,1-3H3,(H,12,13)(H,14,15). The summed E-state index contributed by atoms with van der Waals surface area (Å²) in [6.07, 6.45) is 2.25. The molecule has 0 radical (unpaired) electrons. The van der Waals surface area contributed by atoms with Crippen molar-refractivity contribution in [2.75, 3.05) is 11.9 Å². The third kappa shape index (κ3) is 3.20. The van der Waals surface area contributed by atoms with Gasteiger partial charge in [0, 0.05) is 6.54 Å². The van der Waals surface area contributed by atoms with E-state index in [0.717, 1.165) is 19.4 Å². The number of hydrogen-bond acceptors (Lipinski definition) is 4. The molecule has 1 rings (SSSR count). The second kappa shape index (κ2) is 5.84. The van der Waals surface area contributed by atoms with Crippen LogP contribution >= 0.6 is 11.3 Å². The second-order valence-corrected chi connectivity index (χ2v) is 4.80. The molecule has 0 unspecified atom stereocenters. The van der Waals surface area contributed by atoms with Crippen LogP contribution in [0.1, 0.15) is 42.1 Å². The van der Waals surface area contributed by atoms with Crippen molar-refractivity contribution in [3.05, 3.63) is 10.6 Å². The summed E-state index contributed by atoms with van der Waals surface area (Å²) in [5.41, 5.74) is 0.588. The monoisotopic (exact) mass is 242 g/mol. The number of rotatable bonds is 6. The summed E-state index contributed by atoms with van der Waals surface area (Å²) in [5.74, 6) is -0.275. The quantitative estimate of drug-likeness (QED) is 0.805. The summed E-state index contributed by atoms with van der Waals surface area (Å²) in [4.78, 5) is 15.4. The van der Waals surface area contributed by atoms with Crippen molar-refractivity contribution in [2.45, 2.75) is 33.6 Å². The van der Waals surface area contributed by atoms with E-state index in [1.807, 2.05) is 0 Å². The van der Waals surface area contributed by atoms with Gasteiger partial charge in [0.1, 0.15) is 4.88 Å². The smallest absolute Gasteiger partial charge is 0.347 e. The van der Waals surface area contributed by atoms with Crippen LogP contribution in [0.25, 0.3) is 0 Å². The Morgan fingerprint density at radius 1 is 1.50 bits per heavy atom. The van der Waals surface area contributed by atoms with Crippen molar-refractivity contribution in [3.63, 3.8) is 0 Å². The highest BCUT2D eigenvalue weighted by Crippen LogP contribution is 2.23. The molecule has 1 heterocycles. The van der Waals surface area contributed by atoms with E-state index >= 15 is 0 Å². The van der Waals surface area contributed by atoms with Gasteiger partial charge in [0.15, 0.2) is 5.13 Å². The molecule has 0 aromatic carbocycles. The predicted molar refractivity (Wildman–Crippen MR) is 66.4 cm³/mol. The Balaban J connectivity index is 2.61. The van der Waals surface area contributed by atoms with Crippen LogP contribution in [0, 0.1) is 12.8 Å². The second-order valence-electron chi connectivity index (χ2n) is 3.80. The highest BCUT2D eigenvalue weighted by molar-refractivity contribution is 7.17. The minimum atomic E-state index is -0.898. The van der Waals surface area contributed by atoms with Crippen LogP contribution in [0.5, 0.6) is 0 Å². The molecular weight excluding hydrogens is 224 g/mol. The van der Waals surface area contributed by atoms with Crippen LogP contribution in [0.15, 0.2) is 0 Å². The summed E-state index contributed by atoms with van der Waals surface area (Å²) in [7, 11) is 0. The van der Waals surface area contributed by atoms with Gasteiger partial charge in [-0.1, -0.05) is 38.0 Å². The van der Waals surface area contributed by atoms with Crippen molar-refractivity contribution in [3.8, 4) is 0 Å². The number of aromatic nitrogens is 1. The minimum Gasteiger partial charge on any atom is -0.477 e. The zero-order valence-corrected chi connectivity index (χ0v) is 10.7. The van der Waals surface area contributed by atoms with Crippen molar-refractivity contribution in [1.82, 2.24) is 4.98 Å². The Kier molecular flexibility index (Phi) is 4.73. The fourth-order valence-electron chi connectivity index (χ4n) is 1.48. The Bertz CT molecular complexity index is 359. The third-order valence-electron chi connectivity index (χ3n) is 2.69. The first kappa shape index (κ1) is 13.0. The number of nitrogens with zero attached hydrogens (tertiary/aromatic N) is 1. The predicted octanol–water partition coefficient (Wildman–Crippen LogP) is 3.00. The van der Waals surface area contributed by atoms with Crippen LogP contribution < -0.4 is 5.32 Å². The molecule has 0 spiro atoms.